The van der Waals surface area contributed by atoms with Gasteiger partial charge in [0.1, 0.15) is 6.04 Å². The first-order valence-corrected chi connectivity index (χ1v) is 8.81. The van der Waals surface area contributed by atoms with Crippen LogP contribution >= 0.6 is 23.2 Å². The Labute approximate surface area is 164 Å². The molecule has 1 aliphatic heterocycles. The molecule has 2 aromatic heterocycles. The van der Waals surface area contributed by atoms with Crippen molar-refractivity contribution >= 4 is 35.1 Å². The summed E-state index contributed by atoms with van der Waals surface area (Å²) in [6.45, 7) is 1.78. The van der Waals surface area contributed by atoms with Crippen molar-refractivity contribution in [2.24, 2.45) is 5.73 Å². The molecule has 4 rings (SSSR count). The van der Waals surface area contributed by atoms with E-state index in [1.165, 1.54) is 0 Å². The number of fused-ring (bicyclic) bond motifs is 1. The SMILES string of the molecule is CC1=C(C(N)=O)C(c2ccncc2)n2nc(-c3ccc(Cl)c(Cl)c3)nc2N1. The number of allylic oxidation sites excluding steroid dienone is 1. The Morgan fingerprint density at radius 2 is 1.93 bits per heavy atom. The Balaban J connectivity index is 1.87. The van der Waals surface area contributed by atoms with Crippen LogP contribution in [0, 0.1) is 0 Å². The quantitative estimate of drug-likeness (QED) is 0.701. The maximum Gasteiger partial charge on any atom is 0.248 e. The molecule has 0 spiro atoms. The zero-order valence-electron chi connectivity index (χ0n) is 14.1. The van der Waals surface area contributed by atoms with Gasteiger partial charge in [0.05, 0.1) is 15.6 Å². The molecule has 1 atom stereocenters. The number of halogens is 2. The van der Waals surface area contributed by atoms with Crippen molar-refractivity contribution in [3.8, 4) is 11.4 Å². The van der Waals surface area contributed by atoms with E-state index >= 15 is 0 Å². The minimum Gasteiger partial charge on any atom is -0.366 e. The fraction of sp³-hybridized carbons (Fsp3) is 0.111. The van der Waals surface area contributed by atoms with E-state index in [1.54, 1.807) is 42.2 Å². The Bertz CT molecular complexity index is 1080. The Kier molecular flexibility index (Phi) is 4.33. The van der Waals surface area contributed by atoms with Gasteiger partial charge in [0.25, 0.3) is 0 Å². The summed E-state index contributed by atoms with van der Waals surface area (Å²) in [7, 11) is 0. The number of rotatable bonds is 3. The second-order valence-electron chi connectivity index (χ2n) is 6.04. The molecule has 0 saturated carbocycles. The number of anilines is 1. The molecule has 0 radical (unpaired) electrons. The molecule has 1 unspecified atom stereocenters. The highest BCUT2D eigenvalue weighted by atomic mass is 35.5. The van der Waals surface area contributed by atoms with Crippen LogP contribution in [0.4, 0.5) is 5.95 Å². The van der Waals surface area contributed by atoms with Crippen molar-refractivity contribution in [1.82, 2.24) is 19.7 Å². The molecule has 7 nitrogen and oxygen atoms in total. The second kappa shape index (κ2) is 6.68. The number of benzene rings is 1. The maximum absolute atomic E-state index is 12.1. The van der Waals surface area contributed by atoms with Crippen LogP contribution in [0.25, 0.3) is 11.4 Å². The fourth-order valence-electron chi connectivity index (χ4n) is 3.08. The van der Waals surface area contributed by atoms with E-state index in [0.717, 1.165) is 5.56 Å². The summed E-state index contributed by atoms with van der Waals surface area (Å²) in [5.74, 6) is 0.424. The third kappa shape index (κ3) is 3.05. The molecule has 1 aromatic carbocycles. The molecule has 9 heteroatoms. The fourth-order valence-corrected chi connectivity index (χ4v) is 3.38. The molecule has 1 aliphatic rings. The summed E-state index contributed by atoms with van der Waals surface area (Å²) < 4.78 is 1.64. The summed E-state index contributed by atoms with van der Waals surface area (Å²) in [5.41, 5.74) is 8.23. The highest BCUT2D eigenvalue weighted by molar-refractivity contribution is 6.42. The molecule has 136 valence electrons. The molecule has 3 N–H and O–H groups in total. The molecule has 0 saturated heterocycles. The normalized spacial score (nSPS) is 16.0. The summed E-state index contributed by atoms with van der Waals surface area (Å²) in [5, 5.41) is 8.56. The number of nitrogens with two attached hydrogens (primary N) is 1. The third-order valence-electron chi connectivity index (χ3n) is 4.32. The number of hydrogen-bond donors (Lipinski definition) is 2. The van der Waals surface area contributed by atoms with E-state index in [1.807, 2.05) is 12.1 Å². The van der Waals surface area contributed by atoms with Crippen molar-refractivity contribution < 1.29 is 4.79 Å². The van der Waals surface area contributed by atoms with Gasteiger partial charge in [-0.25, -0.2) is 4.68 Å². The van der Waals surface area contributed by atoms with Gasteiger partial charge in [-0.05, 0) is 42.8 Å². The number of primary amides is 1. The first-order chi connectivity index (χ1) is 13.0. The summed E-state index contributed by atoms with van der Waals surface area (Å²) in [6, 6.07) is 8.29. The van der Waals surface area contributed by atoms with E-state index < -0.39 is 11.9 Å². The topological polar surface area (TPSA) is 98.7 Å². The predicted molar refractivity (Wildman–Crippen MR) is 103 cm³/mol. The van der Waals surface area contributed by atoms with Crippen molar-refractivity contribution in [3.63, 3.8) is 0 Å². The van der Waals surface area contributed by atoms with Crippen LogP contribution in [0.2, 0.25) is 10.0 Å². The summed E-state index contributed by atoms with van der Waals surface area (Å²) in [4.78, 5) is 20.7. The second-order valence-corrected chi connectivity index (χ2v) is 6.86. The predicted octanol–water partition coefficient (Wildman–Crippen LogP) is 3.42. The largest absolute Gasteiger partial charge is 0.366 e. The van der Waals surface area contributed by atoms with Gasteiger partial charge in [-0.15, -0.1) is 5.10 Å². The zero-order valence-corrected chi connectivity index (χ0v) is 15.7. The molecule has 1 amide bonds. The summed E-state index contributed by atoms with van der Waals surface area (Å²) >= 11 is 12.1. The van der Waals surface area contributed by atoms with Gasteiger partial charge in [-0.3, -0.25) is 9.78 Å². The lowest BCUT2D eigenvalue weighted by atomic mass is 9.96. The number of hydrogen-bond acceptors (Lipinski definition) is 5. The summed E-state index contributed by atoms with van der Waals surface area (Å²) in [6.07, 6.45) is 3.31. The molecule has 27 heavy (non-hydrogen) atoms. The highest BCUT2D eigenvalue weighted by Gasteiger charge is 2.33. The van der Waals surface area contributed by atoms with Crippen LogP contribution in [0.1, 0.15) is 18.5 Å². The molecule has 0 fully saturated rings. The van der Waals surface area contributed by atoms with E-state index in [0.29, 0.717) is 38.7 Å². The number of nitrogens with one attached hydrogen (secondary N) is 1. The number of carbonyl (C=O) groups is 1. The number of nitrogens with zero attached hydrogens (tertiary/aromatic N) is 4. The average Bonchev–Trinajstić information content (AvgIpc) is 3.06. The van der Waals surface area contributed by atoms with Crippen molar-refractivity contribution in [2.45, 2.75) is 13.0 Å². The number of pyridine rings is 1. The van der Waals surface area contributed by atoms with Gasteiger partial charge in [-0.2, -0.15) is 4.98 Å². The zero-order chi connectivity index (χ0) is 19.1. The Hall–Kier alpha value is -2.90. The Morgan fingerprint density at radius 3 is 2.59 bits per heavy atom. The van der Waals surface area contributed by atoms with E-state index in [-0.39, 0.29) is 0 Å². The number of carbonyl (C=O) groups excluding carboxylic acids is 1. The molecule has 0 aliphatic carbocycles. The molecular formula is C18H14Cl2N6O. The molecule has 0 bridgehead atoms. The lowest BCUT2D eigenvalue weighted by molar-refractivity contribution is -0.115. The third-order valence-corrected chi connectivity index (χ3v) is 5.06. The first-order valence-electron chi connectivity index (χ1n) is 8.05. The van der Waals surface area contributed by atoms with Crippen LogP contribution in [0.3, 0.4) is 0 Å². The molecule has 3 heterocycles. The number of aromatic nitrogens is 4. The van der Waals surface area contributed by atoms with E-state index in [4.69, 9.17) is 28.9 Å². The minimum absolute atomic E-state index is 0.410. The standard InChI is InChI=1S/C18H14Cl2N6O/c1-9-14(16(21)27)15(10-4-6-22-7-5-10)26-18(23-9)24-17(25-26)11-2-3-12(19)13(20)8-11/h2-8,15H,1H3,(H2,21,27)(H,23,24,25). The van der Waals surface area contributed by atoms with Crippen molar-refractivity contribution in [3.05, 3.63) is 69.6 Å². The van der Waals surface area contributed by atoms with Gasteiger partial charge in [0, 0.05) is 23.7 Å². The van der Waals surface area contributed by atoms with Crippen LogP contribution < -0.4 is 11.1 Å². The highest BCUT2D eigenvalue weighted by Crippen LogP contribution is 2.36. The van der Waals surface area contributed by atoms with Crippen LogP contribution in [-0.2, 0) is 4.79 Å². The number of amides is 1. The Morgan fingerprint density at radius 1 is 1.19 bits per heavy atom. The lowest BCUT2D eigenvalue weighted by Gasteiger charge is -2.27. The molecular weight excluding hydrogens is 387 g/mol. The van der Waals surface area contributed by atoms with E-state index in [9.17, 15) is 4.79 Å². The van der Waals surface area contributed by atoms with Gasteiger partial charge < -0.3 is 11.1 Å². The lowest BCUT2D eigenvalue weighted by Crippen LogP contribution is -2.31. The molecule has 3 aromatic rings. The van der Waals surface area contributed by atoms with E-state index in [2.05, 4.69) is 20.4 Å². The van der Waals surface area contributed by atoms with Crippen molar-refractivity contribution in [2.75, 3.05) is 5.32 Å². The van der Waals surface area contributed by atoms with Gasteiger partial charge in [-0.1, -0.05) is 23.2 Å². The van der Waals surface area contributed by atoms with Gasteiger partial charge >= 0.3 is 0 Å². The maximum atomic E-state index is 12.1. The smallest absolute Gasteiger partial charge is 0.248 e. The monoisotopic (exact) mass is 400 g/mol. The minimum atomic E-state index is -0.529. The van der Waals surface area contributed by atoms with Crippen molar-refractivity contribution in [1.29, 1.82) is 0 Å². The van der Waals surface area contributed by atoms with Gasteiger partial charge in [0.15, 0.2) is 5.82 Å². The van der Waals surface area contributed by atoms with Crippen LogP contribution in [0.5, 0.6) is 0 Å². The van der Waals surface area contributed by atoms with Crippen LogP contribution in [0.15, 0.2) is 54.0 Å². The van der Waals surface area contributed by atoms with Crippen LogP contribution in [-0.4, -0.2) is 25.7 Å². The average molecular weight is 401 g/mol. The van der Waals surface area contributed by atoms with Gasteiger partial charge in [0.2, 0.25) is 11.9 Å². The first kappa shape index (κ1) is 17.5.